The van der Waals surface area contributed by atoms with Crippen molar-refractivity contribution in [3.63, 3.8) is 0 Å². The monoisotopic (exact) mass is 306 g/mol. The first-order valence-corrected chi connectivity index (χ1v) is 7.10. The van der Waals surface area contributed by atoms with Gasteiger partial charge in [-0.1, -0.05) is 24.3 Å². The van der Waals surface area contributed by atoms with Crippen LogP contribution in [0.1, 0.15) is 15.9 Å². The summed E-state index contributed by atoms with van der Waals surface area (Å²) < 4.78 is 5.12. The molecule has 114 valence electrons. The molecule has 0 saturated heterocycles. The summed E-state index contributed by atoms with van der Waals surface area (Å²) in [6, 6.07) is 13.0. The molecule has 0 bridgehead atoms. The molecule has 1 atom stereocenters. The fraction of sp³-hybridized carbons (Fsp3) is 0.167. The molecule has 5 heteroatoms. The molecule has 1 aliphatic rings. The van der Waals surface area contributed by atoms with Crippen molar-refractivity contribution in [2.24, 2.45) is 0 Å². The maximum atomic E-state index is 12.5. The number of hydrogen-bond donors (Lipinski definition) is 0. The van der Waals surface area contributed by atoms with Gasteiger partial charge in [0.25, 0.3) is 5.78 Å². The molecule has 2 aromatic rings. The van der Waals surface area contributed by atoms with Gasteiger partial charge in [-0.3, -0.25) is 14.4 Å². The van der Waals surface area contributed by atoms with Gasteiger partial charge in [0.15, 0.2) is 0 Å². The van der Waals surface area contributed by atoms with E-state index in [0.29, 0.717) is 17.8 Å². The zero-order chi connectivity index (χ0) is 16.4. The van der Waals surface area contributed by atoms with E-state index in [-0.39, 0.29) is 0 Å². The highest BCUT2D eigenvalue weighted by atomic mass is 16.5. The number of benzene rings is 2. The second kappa shape index (κ2) is 5.93. The molecule has 5 nitrogen and oxygen atoms in total. The van der Waals surface area contributed by atoms with Crippen molar-refractivity contribution in [1.82, 2.24) is 0 Å². The number of methoxy groups -OCH3 is 1. The molecule has 0 aromatic heterocycles. The number of para-hydroxylation sites is 1. The van der Waals surface area contributed by atoms with E-state index in [4.69, 9.17) is 11.3 Å². The zero-order valence-electron chi connectivity index (χ0n) is 12.5. The average molecular weight is 306 g/mol. The summed E-state index contributed by atoms with van der Waals surface area (Å²) in [4.78, 5) is 29.5. The topological polar surface area (TPSA) is 51.0 Å². The largest absolute Gasteiger partial charge is 0.497 e. The number of Topliss-reactive ketones (excluding diaryl/α,β-unsaturated/α-hetero) is 1. The van der Waals surface area contributed by atoms with Crippen LogP contribution < -0.4 is 9.64 Å². The van der Waals surface area contributed by atoms with Gasteiger partial charge in [0, 0.05) is 0 Å². The summed E-state index contributed by atoms with van der Waals surface area (Å²) in [6.07, 6.45) is 0. The average Bonchev–Trinajstić information content (AvgIpc) is 2.59. The highest BCUT2D eigenvalue weighted by Gasteiger charge is 2.44. The quantitative estimate of drug-likeness (QED) is 0.647. The Morgan fingerprint density at radius 2 is 1.83 bits per heavy atom. The van der Waals surface area contributed by atoms with E-state index in [2.05, 4.69) is 4.85 Å². The molecule has 0 radical (unpaired) electrons. The molecule has 1 aliphatic heterocycles. The van der Waals surface area contributed by atoms with Crippen molar-refractivity contribution in [2.75, 3.05) is 12.0 Å². The van der Waals surface area contributed by atoms with E-state index in [0.717, 1.165) is 11.3 Å². The van der Waals surface area contributed by atoms with E-state index in [9.17, 15) is 9.59 Å². The third-order valence-electron chi connectivity index (χ3n) is 3.84. The van der Waals surface area contributed by atoms with Crippen LogP contribution in [0.4, 0.5) is 5.69 Å². The Morgan fingerprint density at radius 3 is 2.48 bits per heavy atom. The Hall–Kier alpha value is -3.13. The van der Waals surface area contributed by atoms with E-state index >= 15 is 0 Å². The predicted molar refractivity (Wildman–Crippen MR) is 85.3 cm³/mol. The smallest absolute Gasteiger partial charge is 0.362 e. The molecular formula is C18H14N2O3. The molecule has 0 spiro atoms. The Balaban J connectivity index is 1.99. The second-order valence-electron chi connectivity index (χ2n) is 5.19. The van der Waals surface area contributed by atoms with Crippen LogP contribution >= 0.6 is 0 Å². The lowest BCUT2D eigenvalue weighted by Gasteiger charge is -2.28. The van der Waals surface area contributed by atoms with Gasteiger partial charge in [-0.15, -0.1) is 0 Å². The number of nitrogens with zero attached hydrogens (tertiary/aromatic N) is 2. The number of carbonyl (C=O) groups excluding carboxylic acids is 2. The molecule has 0 fully saturated rings. The SMILES string of the molecule is [C-]#[N+]C1C(=O)c2ccccc2N(Cc2ccc(OC)cc2)C1=O. The number of anilines is 1. The highest BCUT2D eigenvalue weighted by Crippen LogP contribution is 2.30. The van der Waals surface area contributed by atoms with Gasteiger partial charge in [-0.05, 0) is 29.8 Å². The van der Waals surface area contributed by atoms with Gasteiger partial charge >= 0.3 is 11.9 Å². The maximum Gasteiger partial charge on any atom is 0.362 e. The van der Waals surface area contributed by atoms with E-state index in [1.54, 1.807) is 31.4 Å². The van der Waals surface area contributed by atoms with Crippen LogP contribution in [-0.4, -0.2) is 24.8 Å². The number of amides is 1. The summed E-state index contributed by atoms with van der Waals surface area (Å²) >= 11 is 0. The Morgan fingerprint density at radius 1 is 1.13 bits per heavy atom. The molecule has 1 unspecified atom stereocenters. The highest BCUT2D eigenvalue weighted by molar-refractivity contribution is 6.25. The minimum atomic E-state index is -1.29. The van der Waals surface area contributed by atoms with Gasteiger partial charge in [0.1, 0.15) is 5.75 Å². The lowest BCUT2D eigenvalue weighted by Crippen LogP contribution is -2.46. The van der Waals surface area contributed by atoms with Crippen molar-refractivity contribution in [1.29, 1.82) is 0 Å². The maximum absolute atomic E-state index is 12.5. The number of ether oxygens (including phenoxy) is 1. The van der Waals surface area contributed by atoms with Crippen LogP contribution in [0.15, 0.2) is 48.5 Å². The standard InChI is InChI=1S/C18H14N2O3/c1-19-16-17(21)14-5-3-4-6-15(14)20(18(16)22)11-12-7-9-13(23-2)10-8-12/h3-10,16H,11H2,2H3. The summed E-state index contributed by atoms with van der Waals surface area (Å²) in [6.45, 7) is 7.47. The lowest BCUT2D eigenvalue weighted by molar-refractivity contribution is -0.118. The van der Waals surface area contributed by atoms with Gasteiger partial charge in [-0.25, -0.2) is 6.57 Å². The van der Waals surface area contributed by atoms with E-state index < -0.39 is 17.7 Å². The Labute approximate surface area is 133 Å². The number of carbonyl (C=O) groups is 2. The first-order valence-electron chi connectivity index (χ1n) is 7.10. The van der Waals surface area contributed by atoms with E-state index in [1.807, 2.05) is 24.3 Å². The molecule has 0 N–H and O–H groups in total. The van der Waals surface area contributed by atoms with Crippen LogP contribution in [0.25, 0.3) is 4.85 Å². The number of fused-ring (bicyclic) bond motifs is 1. The first kappa shape index (κ1) is 14.8. The van der Waals surface area contributed by atoms with Crippen molar-refractivity contribution in [2.45, 2.75) is 12.6 Å². The molecule has 0 saturated carbocycles. The number of rotatable bonds is 3. The summed E-state index contributed by atoms with van der Waals surface area (Å²) in [5.41, 5.74) is 1.87. The minimum absolute atomic E-state index is 0.305. The molecule has 2 aromatic carbocycles. The Bertz CT molecular complexity index is 806. The van der Waals surface area contributed by atoms with Crippen LogP contribution in [0.5, 0.6) is 5.75 Å². The van der Waals surface area contributed by atoms with Crippen LogP contribution in [0, 0.1) is 6.57 Å². The van der Waals surface area contributed by atoms with Gasteiger partial charge in [0.05, 0.1) is 24.9 Å². The van der Waals surface area contributed by atoms with Crippen LogP contribution in [0.2, 0.25) is 0 Å². The second-order valence-corrected chi connectivity index (χ2v) is 5.19. The summed E-state index contributed by atoms with van der Waals surface area (Å²) in [5.74, 6) is -0.167. The molecule has 1 amide bonds. The van der Waals surface area contributed by atoms with Crippen LogP contribution in [0.3, 0.4) is 0 Å². The molecule has 23 heavy (non-hydrogen) atoms. The summed E-state index contributed by atoms with van der Waals surface area (Å²) in [7, 11) is 1.59. The fourth-order valence-corrected chi connectivity index (χ4v) is 2.63. The predicted octanol–water partition coefficient (Wildman–Crippen LogP) is 2.71. The summed E-state index contributed by atoms with van der Waals surface area (Å²) in [5, 5.41) is 0. The van der Waals surface area contributed by atoms with Gasteiger partial charge in [0.2, 0.25) is 0 Å². The minimum Gasteiger partial charge on any atom is -0.497 e. The van der Waals surface area contributed by atoms with Crippen molar-refractivity contribution < 1.29 is 14.3 Å². The number of ketones is 1. The van der Waals surface area contributed by atoms with Crippen molar-refractivity contribution >= 4 is 17.4 Å². The molecule has 3 rings (SSSR count). The third kappa shape index (κ3) is 2.55. The fourth-order valence-electron chi connectivity index (χ4n) is 2.63. The van der Waals surface area contributed by atoms with Crippen molar-refractivity contribution in [3.8, 4) is 5.75 Å². The third-order valence-corrected chi connectivity index (χ3v) is 3.84. The molecular weight excluding hydrogens is 292 g/mol. The first-order chi connectivity index (χ1) is 11.2. The van der Waals surface area contributed by atoms with Gasteiger partial charge < -0.3 is 9.64 Å². The van der Waals surface area contributed by atoms with Crippen molar-refractivity contribution in [3.05, 3.63) is 71.1 Å². The van der Waals surface area contributed by atoms with Crippen LogP contribution in [-0.2, 0) is 11.3 Å². The lowest BCUT2D eigenvalue weighted by atomic mass is 9.95. The number of hydrogen-bond acceptors (Lipinski definition) is 3. The Kier molecular flexibility index (Phi) is 3.82. The van der Waals surface area contributed by atoms with Gasteiger partial charge in [-0.2, -0.15) is 0 Å². The zero-order valence-corrected chi connectivity index (χ0v) is 12.5. The molecule has 0 aliphatic carbocycles. The van der Waals surface area contributed by atoms with E-state index in [1.165, 1.54) is 4.90 Å². The molecule has 1 heterocycles. The normalized spacial score (nSPS) is 16.7.